The van der Waals surface area contributed by atoms with Crippen LogP contribution in [0.1, 0.15) is 5.56 Å². The summed E-state index contributed by atoms with van der Waals surface area (Å²) in [6, 6.07) is 5.73. The van der Waals surface area contributed by atoms with E-state index in [1.165, 1.54) is 0 Å². The lowest BCUT2D eigenvalue weighted by Crippen LogP contribution is -1.91. The number of hydrogen-bond donors (Lipinski definition) is 2. The maximum atomic E-state index is 5.77. The monoisotopic (exact) mass is 235 g/mol. The van der Waals surface area contributed by atoms with Crippen LogP contribution in [-0.4, -0.2) is 17.1 Å². The number of aromatic nitrogens is 2. The number of aromatic amines is 1. The normalized spacial score (nSPS) is 10.3. The van der Waals surface area contributed by atoms with Gasteiger partial charge in [-0.05, 0) is 17.7 Å². The van der Waals surface area contributed by atoms with Crippen LogP contribution in [0, 0.1) is 0 Å². The van der Waals surface area contributed by atoms with Crippen LogP contribution in [0.3, 0.4) is 0 Å². The van der Waals surface area contributed by atoms with Crippen LogP contribution < -0.4 is 10.5 Å². The molecule has 3 N–H and O–H groups in total. The molecular weight excluding hydrogens is 222 g/mol. The number of imidazole rings is 1. The molecule has 0 saturated heterocycles. The first-order valence-corrected chi connectivity index (χ1v) is 5.82. The summed E-state index contributed by atoms with van der Waals surface area (Å²) >= 11 is 1.63. The summed E-state index contributed by atoms with van der Waals surface area (Å²) in [7, 11) is 1.64. The summed E-state index contributed by atoms with van der Waals surface area (Å²) in [6.07, 6.45) is 3.55. The lowest BCUT2D eigenvalue weighted by atomic mass is 10.2. The average Bonchev–Trinajstić information content (AvgIpc) is 2.78. The van der Waals surface area contributed by atoms with Gasteiger partial charge in [0, 0.05) is 29.9 Å². The van der Waals surface area contributed by atoms with E-state index in [9.17, 15) is 0 Å². The topological polar surface area (TPSA) is 63.9 Å². The highest BCUT2D eigenvalue weighted by Crippen LogP contribution is 2.24. The van der Waals surface area contributed by atoms with E-state index in [1.54, 1.807) is 31.1 Å². The van der Waals surface area contributed by atoms with Gasteiger partial charge in [-0.1, -0.05) is 11.8 Å². The fraction of sp³-hybridized carbons (Fsp3) is 0.182. The smallest absolute Gasteiger partial charge is 0.165 e. The van der Waals surface area contributed by atoms with Crippen molar-refractivity contribution in [3.05, 3.63) is 36.2 Å². The fourth-order valence-electron chi connectivity index (χ4n) is 1.37. The molecular formula is C11H13N3OS. The van der Waals surface area contributed by atoms with Gasteiger partial charge in [-0.2, -0.15) is 0 Å². The van der Waals surface area contributed by atoms with Gasteiger partial charge in [0.15, 0.2) is 5.16 Å². The highest BCUT2D eigenvalue weighted by atomic mass is 32.2. The molecule has 0 radical (unpaired) electrons. The van der Waals surface area contributed by atoms with Crippen molar-refractivity contribution in [2.75, 3.05) is 12.8 Å². The van der Waals surface area contributed by atoms with Crippen molar-refractivity contribution >= 4 is 17.4 Å². The number of nitrogens with one attached hydrogen (secondary N) is 1. The molecule has 0 fully saturated rings. The lowest BCUT2D eigenvalue weighted by Gasteiger charge is -2.05. The molecule has 1 heterocycles. The van der Waals surface area contributed by atoms with E-state index in [0.717, 1.165) is 27.9 Å². The maximum absolute atomic E-state index is 5.77. The van der Waals surface area contributed by atoms with Crippen LogP contribution in [0.4, 0.5) is 5.69 Å². The number of thioether (sulfide) groups is 1. The van der Waals surface area contributed by atoms with E-state index in [4.69, 9.17) is 10.5 Å². The van der Waals surface area contributed by atoms with Crippen LogP contribution >= 0.6 is 11.8 Å². The first-order valence-electron chi connectivity index (χ1n) is 4.83. The molecule has 2 rings (SSSR count). The second-order valence-electron chi connectivity index (χ2n) is 3.30. The van der Waals surface area contributed by atoms with Crippen LogP contribution in [0.2, 0.25) is 0 Å². The molecule has 1 aromatic heterocycles. The Balaban J connectivity index is 2.06. The van der Waals surface area contributed by atoms with Gasteiger partial charge >= 0.3 is 0 Å². The Kier molecular flexibility index (Phi) is 3.36. The maximum Gasteiger partial charge on any atom is 0.165 e. The van der Waals surface area contributed by atoms with Crippen molar-refractivity contribution in [2.45, 2.75) is 10.9 Å². The first kappa shape index (κ1) is 10.9. The summed E-state index contributed by atoms with van der Waals surface area (Å²) in [6.45, 7) is 0. The predicted octanol–water partition coefficient (Wildman–Crippen LogP) is 2.29. The number of hydrogen-bond acceptors (Lipinski definition) is 4. The van der Waals surface area contributed by atoms with Gasteiger partial charge in [0.1, 0.15) is 5.75 Å². The zero-order valence-electron chi connectivity index (χ0n) is 8.93. The van der Waals surface area contributed by atoms with Crippen molar-refractivity contribution in [2.24, 2.45) is 0 Å². The Hall–Kier alpha value is -1.62. The number of ether oxygens (including phenoxy) is 1. The van der Waals surface area contributed by atoms with Crippen LogP contribution in [0.5, 0.6) is 5.75 Å². The highest BCUT2D eigenvalue weighted by Gasteiger charge is 2.01. The summed E-state index contributed by atoms with van der Waals surface area (Å²) < 4.78 is 5.16. The quantitative estimate of drug-likeness (QED) is 0.630. The molecule has 0 spiro atoms. The van der Waals surface area contributed by atoms with E-state index < -0.39 is 0 Å². The molecule has 0 aliphatic carbocycles. The Bertz CT molecular complexity index is 456. The molecule has 0 bridgehead atoms. The summed E-state index contributed by atoms with van der Waals surface area (Å²) in [5.41, 5.74) is 7.61. The van der Waals surface area contributed by atoms with Gasteiger partial charge < -0.3 is 15.5 Å². The minimum absolute atomic E-state index is 0.717. The van der Waals surface area contributed by atoms with Gasteiger partial charge in [-0.25, -0.2) is 4.98 Å². The molecule has 16 heavy (non-hydrogen) atoms. The fourth-order valence-corrected chi connectivity index (χ4v) is 2.13. The van der Waals surface area contributed by atoms with Crippen molar-refractivity contribution in [3.63, 3.8) is 0 Å². The molecule has 0 saturated carbocycles. The number of rotatable bonds is 4. The molecule has 84 valence electrons. The van der Waals surface area contributed by atoms with E-state index in [1.807, 2.05) is 18.3 Å². The second-order valence-corrected chi connectivity index (χ2v) is 4.26. The third-order valence-electron chi connectivity index (χ3n) is 2.07. The number of nitrogens with two attached hydrogens (primary N) is 1. The molecule has 0 amide bonds. The largest absolute Gasteiger partial charge is 0.497 e. The van der Waals surface area contributed by atoms with Gasteiger partial charge in [0.25, 0.3) is 0 Å². The van der Waals surface area contributed by atoms with Gasteiger partial charge in [0.05, 0.1) is 7.11 Å². The van der Waals surface area contributed by atoms with Crippen molar-refractivity contribution in [3.8, 4) is 5.75 Å². The van der Waals surface area contributed by atoms with Crippen molar-refractivity contribution < 1.29 is 4.74 Å². The minimum atomic E-state index is 0.717. The lowest BCUT2D eigenvalue weighted by molar-refractivity contribution is 0.414. The van der Waals surface area contributed by atoms with Crippen LogP contribution in [0.25, 0.3) is 0 Å². The number of nitrogens with zero attached hydrogens (tertiary/aromatic N) is 1. The SMILES string of the molecule is COc1cc(N)cc(CSc2ncc[nH]2)c1. The summed E-state index contributed by atoms with van der Waals surface area (Å²) in [5.74, 6) is 1.60. The second kappa shape index (κ2) is 4.94. The van der Waals surface area contributed by atoms with Gasteiger partial charge in [-0.3, -0.25) is 0 Å². The minimum Gasteiger partial charge on any atom is -0.497 e. The highest BCUT2D eigenvalue weighted by molar-refractivity contribution is 7.98. The van der Waals surface area contributed by atoms with Gasteiger partial charge in [0.2, 0.25) is 0 Å². The Morgan fingerprint density at radius 3 is 3.00 bits per heavy atom. The third kappa shape index (κ3) is 2.70. The molecule has 2 aromatic rings. The van der Waals surface area contributed by atoms with E-state index in [2.05, 4.69) is 9.97 Å². The molecule has 0 aliphatic heterocycles. The standard InChI is InChI=1S/C11H13N3OS/c1-15-10-5-8(4-9(12)6-10)7-16-11-13-2-3-14-11/h2-6H,7,12H2,1H3,(H,13,14). The van der Waals surface area contributed by atoms with E-state index in [0.29, 0.717) is 0 Å². The van der Waals surface area contributed by atoms with Crippen molar-refractivity contribution in [1.82, 2.24) is 9.97 Å². The number of methoxy groups -OCH3 is 1. The predicted molar refractivity (Wildman–Crippen MR) is 65.6 cm³/mol. The first-order chi connectivity index (χ1) is 7.78. The molecule has 0 unspecified atom stereocenters. The van der Waals surface area contributed by atoms with Crippen molar-refractivity contribution in [1.29, 1.82) is 0 Å². The Morgan fingerprint density at radius 1 is 1.44 bits per heavy atom. The zero-order valence-corrected chi connectivity index (χ0v) is 9.75. The summed E-state index contributed by atoms with van der Waals surface area (Å²) in [5, 5.41) is 0.904. The third-order valence-corrected chi connectivity index (χ3v) is 3.05. The van der Waals surface area contributed by atoms with E-state index in [-0.39, 0.29) is 0 Å². The molecule has 0 aliphatic rings. The Morgan fingerprint density at radius 2 is 2.31 bits per heavy atom. The number of anilines is 1. The number of H-pyrrole nitrogens is 1. The summed E-state index contributed by atoms with van der Waals surface area (Å²) in [4.78, 5) is 7.18. The molecule has 5 heteroatoms. The van der Waals surface area contributed by atoms with E-state index >= 15 is 0 Å². The number of benzene rings is 1. The Labute approximate surface area is 98.2 Å². The van der Waals surface area contributed by atoms with Crippen LogP contribution in [0.15, 0.2) is 35.7 Å². The zero-order chi connectivity index (χ0) is 11.4. The molecule has 4 nitrogen and oxygen atoms in total. The molecule has 1 aromatic carbocycles. The van der Waals surface area contributed by atoms with Gasteiger partial charge in [-0.15, -0.1) is 0 Å². The molecule has 0 atom stereocenters. The average molecular weight is 235 g/mol. The van der Waals surface area contributed by atoms with Crippen LogP contribution in [-0.2, 0) is 5.75 Å². The number of nitrogen functional groups attached to an aromatic ring is 1.